The molecule has 2 unspecified atom stereocenters. The molecule has 2 rings (SSSR count). The summed E-state index contributed by atoms with van der Waals surface area (Å²) in [6, 6.07) is 5.10. The highest BCUT2D eigenvalue weighted by Crippen LogP contribution is 2.27. The van der Waals surface area contributed by atoms with E-state index >= 15 is 0 Å². The molecule has 2 atom stereocenters. The average Bonchev–Trinajstić information content (AvgIpc) is 2.89. The van der Waals surface area contributed by atoms with Gasteiger partial charge in [0.2, 0.25) is 5.91 Å². The molecular weight excluding hydrogens is 313 g/mol. The van der Waals surface area contributed by atoms with Crippen LogP contribution in [0.25, 0.3) is 6.08 Å². The predicted molar refractivity (Wildman–Crippen MR) is 82.4 cm³/mol. The zero-order valence-electron chi connectivity index (χ0n) is 11.2. The first-order valence-electron chi connectivity index (χ1n) is 6.62. The molecular formula is C15H15Cl2NO3. The number of carbonyl (C=O) groups is 2. The third kappa shape index (κ3) is 4.22. The fourth-order valence-electron chi connectivity index (χ4n) is 2.40. The summed E-state index contributed by atoms with van der Waals surface area (Å²) in [4.78, 5) is 22.7. The van der Waals surface area contributed by atoms with Crippen molar-refractivity contribution in [3.63, 3.8) is 0 Å². The molecule has 1 aliphatic rings. The van der Waals surface area contributed by atoms with Crippen molar-refractivity contribution in [1.29, 1.82) is 0 Å². The lowest BCUT2D eigenvalue weighted by molar-refractivity contribution is -0.141. The molecule has 0 aliphatic heterocycles. The first kappa shape index (κ1) is 15.9. The van der Waals surface area contributed by atoms with Crippen LogP contribution >= 0.6 is 23.2 Å². The molecule has 0 heterocycles. The normalized spacial score (nSPS) is 21.6. The lowest BCUT2D eigenvalue weighted by atomic mass is 10.1. The summed E-state index contributed by atoms with van der Waals surface area (Å²) < 4.78 is 0. The van der Waals surface area contributed by atoms with Crippen LogP contribution in [0.2, 0.25) is 10.0 Å². The number of carboxylic acids is 1. The first-order chi connectivity index (χ1) is 9.97. The zero-order valence-corrected chi connectivity index (χ0v) is 12.7. The van der Waals surface area contributed by atoms with Crippen molar-refractivity contribution in [1.82, 2.24) is 5.32 Å². The molecule has 1 aromatic carbocycles. The van der Waals surface area contributed by atoms with Crippen LogP contribution in [0.3, 0.4) is 0 Å². The molecule has 0 radical (unpaired) electrons. The number of carboxylic acid groups (broad SMARTS) is 1. The monoisotopic (exact) mass is 327 g/mol. The number of carbonyl (C=O) groups excluding carboxylic acids is 1. The van der Waals surface area contributed by atoms with Crippen molar-refractivity contribution in [3.8, 4) is 0 Å². The van der Waals surface area contributed by atoms with Gasteiger partial charge in [-0.3, -0.25) is 9.59 Å². The van der Waals surface area contributed by atoms with Gasteiger partial charge in [-0.15, -0.1) is 0 Å². The van der Waals surface area contributed by atoms with Gasteiger partial charge < -0.3 is 10.4 Å². The second kappa shape index (κ2) is 6.96. The van der Waals surface area contributed by atoms with Crippen LogP contribution < -0.4 is 5.32 Å². The summed E-state index contributed by atoms with van der Waals surface area (Å²) in [7, 11) is 0. The average molecular weight is 328 g/mol. The summed E-state index contributed by atoms with van der Waals surface area (Å²) >= 11 is 11.9. The SMILES string of the molecule is O=C(C=Cc1cccc(Cl)c1Cl)NC1CCC(C(=O)O)C1. The van der Waals surface area contributed by atoms with Gasteiger partial charge in [0.15, 0.2) is 0 Å². The minimum Gasteiger partial charge on any atom is -0.481 e. The minimum atomic E-state index is -0.798. The Morgan fingerprint density at radius 3 is 2.71 bits per heavy atom. The van der Waals surface area contributed by atoms with Crippen LogP contribution in [-0.2, 0) is 9.59 Å². The van der Waals surface area contributed by atoms with E-state index < -0.39 is 5.97 Å². The summed E-state index contributed by atoms with van der Waals surface area (Å²) in [6.07, 6.45) is 4.74. The lowest BCUT2D eigenvalue weighted by Crippen LogP contribution is -2.31. The van der Waals surface area contributed by atoms with Gasteiger partial charge in [-0.2, -0.15) is 0 Å². The van der Waals surface area contributed by atoms with Crippen molar-refractivity contribution in [3.05, 3.63) is 39.9 Å². The fourth-order valence-corrected chi connectivity index (χ4v) is 2.77. The molecule has 1 aromatic rings. The van der Waals surface area contributed by atoms with Gasteiger partial charge in [0.25, 0.3) is 0 Å². The van der Waals surface area contributed by atoms with E-state index in [1.807, 2.05) is 0 Å². The number of aliphatic carboxylic acids is 1. The molecule has 0 aromatic heterocycles. The smallest absolute Gasteiger partial charge is 0.306 e. The van der Waals surface area contributed by atoms with Crippen LogP contribution in [0.15, 0.2) is 24.3 Å². The number of hydrogen-bond acceptors (Lipinski definition) is 2. The van der Waals surface area contributed by atoms with E-state index in [0.717, 1.165) is 0 Å². The summed E-state index contributed by atoms with van der Waals surface area (Å²) in [6.45, 7) is 0. The Hall–Kier alpha value is -1.52. The first-order valence-corrected chi connectivity index (χ1v) is 7.38. The zero-order chi connectivity index (χ0) is 15.4. The number of hydrogen-bond donors (Lipinski definition) is 2. The van der Waals surface area contributed by atoms with Gasteiger partial charge >= 0.3 is 5.97 Å². The molecule has 0 bridgehead atoms. The number of rotatable bonds is 4. The van der Waals surface area contributed by atoms with E-state index in [9.17, 15) is 9.59 Å². The fraction of sp³-hybridized carbons (Fsp3) is 0.333. The maximum atomic E-state index is 11.8. The van der Waals surface area contributed by atoms with E-state index in [0.29, 0.717) is 34.9 Å². The van der Waals surface area contributed by atoms with E-state index in [-0.39, 0.29) is 17.9 Å². The van der Waals surface area contributed by atoms with Crippen LogP contribution in [-0.4, -0.2) is 23.0 Å². The van der Waals surface area contributed by atoms with E-state index in [1.54, 1.807) is 24.3 Å². The summed E-state index contributed by atoms with van der Waals surface area (Å²) in [5, 5.41) is 12.6. The van der Waals surface area contributed by atoms with Crippen LogP contribution in [0.1, 0.15) is 24.8 Å². The van der Waals surface area contributed by atoms with Gasteiger partial charge in [0, 0.05) is 12.1 Å². The Bertz CT molecular complexity index is 586. The molecule has 1 aliphatic carbocycles. The van der Waals surface area contributed by atoms with E-state index in [4.69, 9.17) is 28.3 Å². The summed E-state index contributed by atoms with van der Waals surface area (Å²) in [5.74, 6) is -1.42. The molecule has 4 nitrogen and oxygen atoms in total. The molecule has 1 fully saturated rings. The predicted octanol–water partition coefficient (Wildman–Crippen LogP) is 3.38. The van der Waals surface area contributed by atoms with Gasteiger partial charge in [0.05, 0.1) is 16.0 Å². The van der Waals surface area contributed by atoms with E-state index in [2.05, 4.69) is 5.32 Å². The summed E-state index contributed by atoms with van der Waals surface area (Å²) in [5.41, 5.74) is 0.661. The molecule has 0 saturated heterocycles. The maximum Gasteiger partial charge on any atom is 0.306 e. The molecule has 0 spiro atoms. The van der Waals surface area contributed by atoms with Crippen molar-refractivity contribution in [2.24, 2.45) is 5.92 Å². The standard InChI is InChI=1S/C15H15Cl2NO3/c16-12-3-1-2-9(14(12)17)5-7-13(19)18-11-6-4-10(8-11)15(20)21/h1-3,5,7,10-11H,4,6,8H2,(H,18,19)(H,20,21). The Balaban J connectivity index is 1.92. The molecule has 1 amide bonds. The number of benzene rings is 1. The van der Waals surface area contributed by atoms with Crippen molar-refractivity contribution < 1.29 is 14.7 Å². The van der Waals surface area contributed by atoms with Gasteiger partial charge in [-0.25, -0.2) is 0 Å². The molecule has 21 heavy (non-hydrogen) atoms. The number of nitrogens with one attached hydrogen (secondary N) is 1. The van der Waals surface area contributed by atoms with Gasteiger partial charge in [0.1, 0.15) is 0 Å². The van der Waals surface area contributed by atoms with Crippen LogP contribution in [0.4, 0.5) is 0 Å². The molecule has 1 saturated carbocycles. The molecule has 6 heteroatoms. The van der Waals surface area contributed by atoms with Crippen molar-refractivity contribution in [2.75, 3.05) is 0 Å². The molecule has 112 valence electrons. The Kier molecular flexibility index (Phi) is 5.26. The maximum absolute atomic E-state index is 11.8. The Morgan fingerprint density at radius 1 is 1.29 bits per heavy atom. The van der Waals surface area contributed by atoms with Gasteiger partial charge in [-0.1, -0.05) is 35.3 Å². The Morgan fingerprint density at radius 2 is 2.05 bits per heavy atom. The largest absolute Gasteiger partial charge is 0.481 e. The van der Waals surface area contributed by atoms with E-state index in [1.165, 1.54) is 6.08 Å². The van der Waals surface area contributed by atoms with Crippen molar-refractivity contribution >= 4 is 41.2 Å². The molecule has 2 N–H and O–H groups in total. The Labute approximate surface area is 132 Å². The second-order valence-electron chi connectivity index (χ2n) is 5.03. The quantitative estimate of drug-likeness (QED) is 0.833. The lowest BCUT2D eigenvalue weighted by Gasteiger charge is -2.10. The minimum absolute atomic E-state index is 0.0851. The van der Waals surface area contributed by atoms with Crippen LogP contribution in [0.5, 0.6) is 0 Å². The topological polar surface area (TPSA) is 66.4 Å². The number of amides is 1. The highest BCUT2D eigenvalue weighted by Gasteiger charge is 2.30. The van der Waals surface area contributed by atoms with Crippen LogP contribution in [0, 0.1) is 5.92 Å². The van der Waals surface area contributed by atoms with Crippen molar-refractivity contribution in [2.45, 2.75) is 25.3 Å². The highest BCUT2D eigenvalue weighted by atomic mass is 35.5. The van der Waals surface area contributed by atoms with Gasteiger partial charge in [-0.05, 0) is 37.0 Å². The third-order valence-corrected chi connectivity index (χ3v) is 4.36. The number of halogens is 2. The second-order valence-corrected chi connectivity index (χ2v) is 5.82. The highest BCUT2D eigenvalue weighted by molar-refractivity contribution is 6.42. The third-order valence-electron chi connectivity index (χ3n) is 3.52.